The van der Waals surface area contributed by atoms with Gasteiger partial charge in [0.1, 0.15) is 0 Å². The molecule has 94 valence electrons. The highest BCUT2D eigenvalue weighted by Gasteiger charge is 2.33. The first kappa shape index (κ1) is 13.0. The summed E-state index contributed by atoms with van der Waals surface area (Å²) >= 11 is 1.50. The van der Waals surface area contributed by atoms with Crippen molar-refractivity contribution in [1.82, 2.24) is 0 Å². The molecule has 1 aliphatic rings. The molecule has 1 aromatic rings. The lowest BCUT2D eigenvalue weighted by molar-refractivity contribution is 0.104. The minimum Gasteiger partial charge on any atom is -0.310 e. The quantitative estimate of drug-likeness (QED) is 0.493. The SMILES string of the molecule is CCC1(CCCOSc2ccccc2)CCC1. The molecule has 0 aromatic heterocycles. The first-order valence-corrected chi connectivity index (χ1v) is 7.43. The van der Waals surface area contributed by atoms with Crippen molar-refractivity contribution in [1.29, 1.82) is 0 Å². The summed E-state index contributed by atoms with van der Waals surface area (Å²) in [6.07, 6.45) is 8.21. The second-order valence-electron chi connectivity index (χ2n) is 5.03. The van der Waals surface area contributed by atoms with E-state index in [-0.39, 0.29) is 0 Å². The molecule has 0 saturated heterocycles. The van der Waals surface area contributed by atoms with E-state index in [2.05, 4.69) is 19.1 Å². The molecule has 1 fully saturated rings. The average molecular weight is 250 g/mol. The maximum Gasteiger partial charge on any atom is 0.0618 e. The second kappa shape index (κ2) is 6.46. The molecule has 0 unspecified atom stereocenters. The molecular weight excluding hydrogens is 228 g/mol. The van der Waals surface area contributed by atoms with E-state index >= 15 is 0 Å². The molecule has 1 aromatic carbocycles. The van der Waals surface area contributed by atoms with Crippen LogP contribution in [0.25, 0.3) is 0 Å². The van der Waals surface area contributed by atoms with Gasteiger partial charge in [0.2, 0.25) is 0 Å². The van der Waals surface area contributed by atoms with E-state index in [1.807, 2.05) is 18.2 Å². The third-order valence-electron chi connectivity index (χ3n) is 4.00. The Morgan fingerprint density at radius 2 is 2.00 bits per heavy atom. The summed E-state index contributed by atoms with van der Waals surface area (Å²) in [6, 6.07) is 10.3. The second-order valence-corrected chi connectivity index (χ2v) is 5.90. The summed E-state index contributed by atoms with van der Waals surface area (Å²) in [5, 5.41) is 0. The van der Waals surface area contributed by atoms with E-state index in [4.69, 9.17) is 4.18 Å². The summed E-state index contributed by atoms with van der Waals surface area (Å²) in [6.45, 7) is 3.21. The molecule has 0 N–H and O–H groups in total. The maximum atomic E-state index is 5.64. The zero-order valence-corrected chi connectivity index (χ0v) is 11.5. The lowest BCUT2D eigenvalue weighted by Crippen LogP contribution is -2.28. The van der Waals surface area contributed by atoms with E-state index < -0.39 is 0 Å². The van der Waals surface area contributed by atoms with Crippen LogP contribution < -0.4 is 0 Å². The molecular formula is C15H22OS. The van der Waals surface area contributed by atoms with E-state index in [0.717, 1.165) is 6.61 Å². The van der Waals surface area contributed by atoms with Crippen LogP contribution in [0.15, 0.2) is 35.2 Å². The third kappa shape index (κ3) is 3.75. The van der Waals surface area contributed by atoms with Crippen LogP contribution in [0.3, 0.4) is 0 Å². The molecule has 0 spiro atoms. The monoisotopic (exact) mass is 250 g/mol. The minimum absolute atomic E-state index is 0.681. The molecule has 2 heteroatoms. The number of benzene rings is 1. The van der Waals surface area contributed by atoms with Crippen LogP contribution in [0.2, 0.25) is 0 Å². The van der Waals surface area contributed by atoms with E-state index in [1.165, 1.54) is 55.5 Å². The Morgan fingerprint density at radius 1 is 1.24 bits per heavy atom. The van der Waals surface area contributed by atoms with Gasteiger partial charge in [0.25, 0.3) is 0 Å². The summed E-state index contributed by atoms with van der Waals surface area (Å²) in [7, 11) is 0. The first-order valence-electron chi connectivity index (χ1n) is 6.69. The Morgan fingerprint density at radius 3 is 2.59 bits per heavy atom. The van der Waals surface area contributed by atoms with Gasteiger partial charge in [-0.05, 0) is 43.2 Å². The van der Waals surface area contributed by atoms with Crippen molar-refractivity contribution in [2.24, 2.45) is 5.41 Å². The van der Waals surface area contributed by atoms with Gasteiger partial charge >= 0.3 is 0 Å². The average Bonchev–Trinajstić information content (AvgIpc) is 2.33. The van der Waals surface area contributed by atoms with Gasteiger partial charge in [0, 0.05) is 16.9 Å². The van der Waals surface area contributed by atoms with Crippen LogP contribution in [0.4, 0.5) is 0 Å². The fourth-order valence-corrected chi connectivity index (χ4v) is 3.15. The van der Waals surface area contributed by atoms with Gasteiger partial charge in [0.15, 0.2) is 0 Å². The number of hydrogen-bond donors (Lipinski definition) is 0. The van der Waals surface area contributed by atoms with Crippen LogP contribution >= 0.6 is 12.0 Å². The zero-order chi connectivity index (χ0) is 12.0. The van der Waals surface area contributed by atoms with Gasteiger partial charge in [0.05, 0.1) is 6.61 Å². The Bertz CT molecular complexity index is 313. The fraction of sp³-hybridized carbons (Fsp3) is 0.600. The lowest BCUT2D eigenvalue weighted by atomic mass is 9.64. The Labute approximate surface area is 109 Å². The van der Waals surface area contributed by atoms with Crippen LogP contribution in [0, 0.1) is 5.41 Å². The summed E-state index contributed by atoms with van der Waals surface area (Å²) in [5.74, 6) is 0. The molecule has 2 rings (SSSR count). The number of hydrogen-bond acceptors (Lipinski definition) is 2. The molecule has 1 nitrogen and oxygen atoms in total. The summed E-state index contributed by atoms with van der Waals surface area (Å²) in [5.41, 5.74) is 0.681. The Hall–Kier alpha value is -0.470. The summed E-state index contributed by atoms with van der Waals surface area (Å²) < 4.78 is 5.64. The predicted octanol–water partition coefficient (Wildman–Crippen LogP) is 5.07. The topological polar surface area (TPSA) is 9.23 Å². The molecule has 0 atom stereocenters. The van der Waals surface area contributed by atoms with Gasteiger partial charge < -0.3 is 4.18 Å². The van der Waals surface area contributed by atoms with Crippen molar-refractivity contribution in [3.63, 3.8) is 0 Å². The molecule has 0 radical (unpaired) electrons. The highest BCUT2D eigenvalue weighted by atomic mass is 32.2. The molecule has 0 bridgehead atoms. The first-order chi connectivity index (χ1) is 8.35. The fourth-order valence-electron chi connectivity index (χ4n) is 2.55. The van der Waals surface area contributed by atoms with E-state index in [0.29, 0.717) is 5.41 Å². The maximum absolute atomic E-state index is 5.64. The molecule has 1 saturated carbocycles. The third-order valence-corrected chi connectivity index (χ3v) is 4.75. The predicted molar refractivity (Wildman–Crippen MR) is 74.1 cm³/mol. The molecule has 0 amide bonds. The Balaban J connectivity index is 1.58. The van der Waals surface area contributed by atoms with Gasteiger partial charge in [-0.15, -0.1) is 0 Å². The molecule has 0 aliphatic heterocycles. The highest BCUT2D eigenvalue weighted by molar-refractivity contribution is 7.94. The van der Waals surface area contributed by atoms with Crippen LogP contribution in [-0.4, -0.2) is 6.61 Å². The van der Waals surface area contributed by atoms with Crippen molar-refractivity contribution in [2.75, 3.05) is 6.61 Å². The zero-order valence-electron chi connectivity index (χ0n) is 10.7. The van der Waals surface area contributed by atoms with Gasteiger partial charge in [-0.1, -0.05) is 38.0 Å². The van der Waals surface area contributed by atoms with Crippen molar-refractivity contribution in [3.05, 3.63) is 30.3 Å². The van der Waals surface area contributed by atoms with Crippen molar-refractivity contribution < 1.29 is 4.18 Å². The Kier molecular flexibility index (Phi) is 4.93. The van der Waals surface area contributed by atoms with Crippen molar-refractivity contribution in [3.8, 4) is 0 Å². The van der Waals surface area contributed by atoms with E-state index in [1.54, 1.807) is 0 Å². The standard InChI is InChI=1S/C15H22OS/c1-2-15(10-6-11-15)12-7-13-16-17-14-8-4-3-5-9-14/h3-5,8-9H,2,6-7,10-13H2,1H3. The lowest BCUT2D eigenvalue weighted by Gasteiger charge is -2.41. The van der Waals surface area contributed by atoms with Gasteiger partial charge in [-0.2, -0.15) is 0 Å². The smallest absolute Gasteiger partial charge is 0.0618 e. The van der Waals surface area contributed by atoms with Gasteiger partial charge in [-0.25, -0.2) is 0 Å². The highest BCUT2D eigenvalue weighted by Crippen LogP contribution is 2.47. The molecule has 0 heterocycles. The molecule has 17 heavy (non-hydrogen) atoms. The van der Waals surface area contributed by atoms with Crippen molar-refractivity contribution in [2.45, 2.75) is 50.3 Å². The largest absolute Gasteiger partial charge is 0.310 e. The normalized spacial score (nSPS) is 17.7. The minimum atomic E-state index is 0.681. The van der Waals surface area contributed by atoms with Crippen LogP contribution in [0.1, 0.15) is 45.4 Å². The van der Waals surface area contributed by atoms with E-state index in [9.17, 15) is 0 Å². The number of rotatable bonds is 7. The molecule has 1 aliphatic carbocycles. The van der Waals surface area contributed by atoms with Crippen LogP contribution in [0.5, 0.6) is 0 Å². The van der Waals surface area contributed by atoms with Crippen molar-refractivity contribution >= 4 is 12.0 Å². The van der Waals surface area contributed by atoms with Crippen LogP contribution in [-0.2, 0) is 4.18 Å². The summed E-state index contributed by atoms with van der Waals surface area (Å²) in [4.78, 5) is 1.20. The van der Waals surface area contributed by atoms with Gasteiger partial charge in [-0.3, -0.25) is 0 Å².